The first-order valence-electron chi connectivity index (χ1n) is 9.18. The summed E-state index contributed by atoms with van der Waals surface area (Å²) in [6.07, 6.45) is 0. The third-order valence-electron chi connectivity index (χ3n) is 4.76. The van der Waals surface area contributed by atoms with Gasteiger partial charge >= 0.3 is 0 Å². The van der Waals surface area contributed by atoms with E-state index < -0.39 is 10.0 Å². The maximum absolute atomic E-state index is 12.2. The van der Waals surface area contributed by atoms with Crippen LogP contribution in [0, 0.1) is 0 Å². The lowest BCUT2D eigenvalue weighted by atomic mass is 10.2. The monoisotopic (exact) mass is 389 g/mol. The number of piperazine rings is 1. The second-order valence-corrected chi connectivity index (χ2v) is 8.47. The van der Waals surface area contributed by atoms with Gasteiger partial charge in [-0.05, 0) is 29.8 Å². The van der Waals surface area contributed by atoms with E-state index in [0.29, 0.717) is 6.54 Å². The Hall–Kier alpha value is -2.09. The van der Waals surface area contributed by atoms with Crippen molar-refractivity contribution in [3.63, 3.8) is 0 Å². The van der Waals surface area contributed by atoms with Crippen LogP contribution in [-0.2, 0) is 15.8 Å². The quantitative estimate of drug-likeness (QED) is 0.748. The molecule has 27 heavy (non-hydrogen) atoms. The lowest BCUT2D eigenvalue weighted by Crippen LogP contribution is -2.48. The average molecular weight is 390 g/mol. The summed E-state index contributed by atoms with van der Waals surface area (Å²) < 4.78 is 32.3. The number of nitrogens with zero attached hydrogens (tertiary/aromatic N) is 2. The minimum Gasteiger partial charge on any atom is -0.497 e. The van der Waals surface area contributed by atoms with Crippen LogP contribution >= 0.6 is 0 Å². The minimum absolute atomic E-state index is 0.0269. The standard InChI is InChI=1S/C20H27N3O3S/c1-26-20-9-7-19(8-10-20)23-15-13-22(14-16-23)12-11-21-27(24,25)17-18-5-3-2-4-6-18/h2-10,21H,11-17H2,1H3. The molecule has 2 aromatic carbocycles. The highest BCUT2D eigenvalue weighted by molar-refractivity contribution is 7.88. The van der Waals surface area contributed by atoms with E-state index in [-0.39, 0.29) is 5.75 Å². The molecule has 0 unspecified atom stereocenters. The fourth-order valence-electron chi connectivity index (χ4n) is 3.23. The van der Waals surface area contributed by atoms with E-state index in [2.05, 4.69) is 26.7 Å². The first kappa shape index (κ1) is 19.7. The summed E-state index contributed by atoms with van der Waals surface area (Å²) in [5.74, 6) is 0.888. The van der Waals surface area contributed by atoms with Crippen molar-refractivity contribution in [2.45, 2.75) is 5.75 Å². The van der Waals surface area contributed by atoms with Gasteiger partial charge in [0, 0.05) is 45.0 Å². The molecule has 0 aliphatic carbocycles. The van der Waals surface area contributed by atoms with Gasteiger partial charge in [-0.2, -0.15) is 0 Å². The topological polar surface area (TPSA) is 61.9 Å². The van der Waals surface area contributed by atoms with Crippen molar-refractivity contribution >= 4 is 15.7 Å². The Morgan fingerprint density at radius 2 is 1.63 bits per heavy atom. The Morgan fingerprint density at radius 3 is 2.26 bits per heavy atom. The number of rotatable bonds is 8. The van der Waals surface area contributed by atoms with Crippen LogP contribution in [0.25, 0.3) is 0 Å². The number of hydrogen-bond donors (Lipinski definition) is 1. The van der Waals surface area contributed by atoms with Crippen molar-refractivity contribution in [1.82, 2.24) is 9.62 Å². The Labute approximate surface area is 161 Å². The van der Waals surface area contributed by atoms with Crippen molar-refractivity contribution in [2.24, 2.45) is 0 Å². The van der Waals surface area contributed by atoms with Crippen LogP contribution in [0.2, 0.25) is 0 Å². The summed E-state index contributed by atoms with van der Waals surface area (Å²) in [5.41, 5.74) is 2.00. The van der Waals surface area contributed by atoms with E-state index >= 15 is 0 Å². The van der Waals surface area contributed by atoms with Crippen molar-refractivity contribution in [3.05, 3.63) is 60.2 Å². The molecule has 6 nitrogen and oxygen atoms in total. The molecule has 0 atom stereocenters. The molecule has 1 heterocycles. The van der Waals surface area contributed by atoms with Crippen molar-refractivity contribution in [3.8, 4) is 5.75 Å². The molecule has 146 valence electrons. The van der Waals surface area contributed by atoms with Crippen molar-refractivity contribution < 1.29 is 13.2 Å². The van der Waals surface area contributed by atoms with Crippen LogP contribution in [-0.4, -0.2) is 59.7 Å². The SMILES string of the molecule is COc1ccc(N2CCN(CCNS(=O)(=O)Cc3ccccc3)CC2)cc1. The van der Waals surface area contributed by atoms with Gasteiger partial charge in [0.05, 0.1) is 12.9 Å². The first-order chi connectivity index (χ1) is 13.1. The van der Waals surface area contributed by atoms with Gasteiger partial charge in [-0.25, -0.2) is 13.1 Å². The molecule has 0 aromatic heterocycles. The highest BCUT2D eigenvalue weighted by Gasteiger charge is 2.18. The maximum atomic E-state index is 12.2. The van der Waals surface area contributed by atoms with Crippen molar-refractivity contribution in [2.75, 3.05) is 51.3 Å². The zero-order chi connectivity index (χ0) is 19.1. The molecular formula is C20H27N3O3S. The molecule has 0 amide bonds. The van der Waals surface area contributed by atoms with Gasteiger partial charge in [0.15, 0.2) is 0 Å². The summed E-state index contributed by atoms with van der Waals surface area (Å²) in [7, 11) is -1.63. The van der Waals surface area contributed by atoms with Crippen LogP contribution in [0.3, 0.4) is 0 Å². The molecule has 1 aliphatic rings. The molecule has 7 heteroatoms. The normalized spacial score (nSPS) is 15.7. The third kappa shape index (κ3) is 5.95. The summed E-state index contributed by atoms with van der Waals surface area (Å²) in [4.78, 5) is 4.64. The lowest BCUT2D eigenvalue weighted by molar-refractivity contribution is 0.262. The Morgan fingerprint density at radius 1 is 0.963 bits per heavy atom. The summed E-state index contributed by atoms with van der Waals surface area (Å²) in [6.45, 7) is 4.88. The van der Waals surface area contributed by atoms with E-state index in [9.17, 15) is 8.42 Å². The van der Waals surface area contributed by atoms with Crippen molar-refractivity contribution in [1.29, 1.82) is 0 Å². The number of benzene rings is 2. The molecule has 2 aromatic rings. The van der Waals surface area contributed by atoms with Crippen LogP contribution in [0.1, 0.15) is 5.56 Å². The predicted molar refractivity (Wildman–Crippen MR) is 109 cm³/mol. The van der Waals surface area contributed by atoms with Crippen LogP contribution in [0.4, 0.5) is 5.69 Å². The molecule has 1 fully saturated rings. The molecule has 1 aliphatic heterocycles. The number of sulfonamides is 1. The molecule has 1 N–H and O–H groups in total. The smallest absolute Gasteiger partial charge is 0.215 e. The maximum Gasteiger partial charge on any atom is 0.215 e. The molecule has 0 radical (unpaired) electrons. The van der Waals surface area contributed by atoms with Gasteiger partial charge in [0.25, 0.3) is 0 Å². The van der Waals surface area contributed by atoms with Gasteiger partial charge in [0.1, 0.15) is 5.75 Å². The number of anilines is 1. The summed E-state index contributed by atoms with van der Waals surface area (Å²) >= 11 is 0. The van der Waals surface area contributed by atoms with E-state index in [1.54, 1.807) is 7.11 Å². The summed E-state index contributed by atoms with van der Waals surface area (Å²) in [5, 5.41) is 0. The van der Waals surface area contributed by atoms with Crippen LogP contribution < -0.4 is 14.4 Å². The number of ether oxygens (including phenoxy) is 1. The van der Waals surface area contributed by atoms with Gasteiger partial charge in [-0.15, -0.1) is 0 Å². The predicted octanol–water partition coefficient (Wildman–Crippen LogP) is 1.94. The number of methoxy groups -OCH3 is 1. The van der Waals surface area contributed by atoms with Crippen LogP contribution in [0.5, 0.6) is 5.75 Å². The number of hydrogen-bond acceptors (Lipinski definition) is 5. The minimum atomic E-state index is -3.29. The molecule has 0 spiro atoms. The Balaban J connectivity index is 1.40. The third-order valence-corrected chi connectivity index (χ3v) is 6.12. The first-order valence-corrected chi connectivity index (χ1v) is 10.8. The summed E-state index contributed by atoms with van der Waals surface area (Å²) in [6, 6.07) is 17.4. The molecular weight excluding hydrogens is 362 g/mol. The van der Waals surface area contributed by atoms with Gasteiger partial charge in [0.2, 0.25) is 10.0 Å². The second kappa shape index (κ2) is 9.21. The lowest BCUT2D eigenvalue weighted by Gasteiger charge is -2.36. The fraction of sp³-hybridized carbons (Fsp3) is 0.400. The largest absolute Gasteiger partial charge is 0.497 e. The Kier molecular flexibility index (Phi) is 6.71. The Bertz CT molecular complexity index is 802. The zero-order valence-corrected chi connectivity index (χ0v) is 16.5. The second-order valence-electron chi connectivity index (χ2n) is 6.67. The zero-order valence-electron chi connectivity index (χ0n) is 15.7. The molecule has 3 rings (SSSR count). The molecule has 0 bridgehead atoms. The van der Waals surface area contributed by atoms with E-state index in [0.717, 1.165) is 44.0 Å². The van der Waals surface area contributed by atoms with E-state index in [1.807, 2.05) is 42.5 Å². The van der Waals surface area contributed by atoms with E-state index in [4.69, 9.17) is 4.74 Å². The molecule has 1 saturated heterocycles. The number of nitrogens with one attached hydrogen (secondary N) is 1. The van der Waals surface area contributed by atoms with Gasteiger partial charge in [-0.3, -0.25) is 4.90 Å². The van der Waals surface area contributed by atoms with Gasteiger partial charge < -0.3 is 9.64 Å². The molecule has 0 saturated carbocycles. The highest BCUT2D eigenvalue weighted by atomic mass is 32.2. The average Bonchev–Trinajstić information content (AvgIpc) is 2.69. The highest BCUT2D eigenvalue weighted by Crippen LogP contribution is 2.20. The van der Waals surface area contributed by atoms with Crippen LogP contribution in [0.15, 0.2) is 54.6 Å². The van der Waals surface area contributed by atoms with Gasteiger partial charge in [-0.1, -0.05) is 30.3 Å². The van der Waals surface area contributed by atoms with E-state index in [1.165, 1.54) is 5.69 Å². The fourth-order valence-corrected chi connectivity index (χ4v) is 4.36.